The third-order valence-corrected chi connectivity index (χ3v) is 11.1. The monoisotopic (exact) mass is 752 g/mol. The minimum Gasteiger partial charge on any atom is -0.497 e. The lowest BCUT2D eigenvalue weighted by Gasteiger charge is -2.47. The van der Waals surface area contributed by atoms with E-state index < -0.39 is 41.6 Å². The van der Waals surface area contributed by atoms with Crippen molar-refractivity contribution in [1.29, 1.82) is 0 Å². The van der Waals surface area contributed by atoms with E-state index in [1.54, 1.807) is 51.1 Å². The van der Waals surface area contributed by atoms with E-state index in [0.717, 1.165) is 28.9 Å². The number of urea groups is 1. The highest BCUT2D eigenvalue weighted by atomic mass is 16.6. The molecule has 2 aromatic carbocycles. The van der Waals surface area contributed by atoms with Gasteiger partial charge in [0.05, 0.1) is 19.6 Å². The first-order valence-electron chi connectivity index (χ1n) is 19.9. The molecule has 2 saturated heterocycles. The van der Waals surface area contributed by atoms with Crippen LogP contribution < -0.4 is 9.64 Å². The van der Waals surface area contributed by atoms with Crippen LogP contribution in [0, 0.1) is 17.8 Å². The Balaban J connectivity index is 1.22. The Hall–Kier alpha value is -4.93. The van der Waals surface area contributed by atoms with Gasteiger partial charge in [0.25, 0.3) is 0 Å². The number of hydrogen-bond donors (Lipinski definition) is 0. The summed E-state index contributed by atoms with van der Waals surface area (Å²) in [6.07, 6.45) is 11.8. The minimum absolute atomic E-state index is 0.0300. The lowest BCUT2D eigenvalue weighted by Crippen LogP contribution is -2.69. The fourth-order valence-electron chi connectivity index (χ4n) is 8.18. The molecule has 2 aliphatic heterocycles. The van der Waals surface area contributed by atoms with E-state index >= 15 is 0 Å². The summed E-state index contributed by atoms with van der Waals surface area (Å²) in [6, 6.07) is 18.7. The number of imide groups is 1. The molecule has 0 spiro atoms. The maximum atomic E-state index is 14.2. The summed E-state index contributed by atoms with van der Waals surface area (Å²) in [6.45, 7) is 6.77. The van der Waals surface area contributed by atoms with Crippen LogP contribution in [0.5, 0.6) is 5.75 Å². The Morgan fingerprint density at radius 2 is 1.53 bits per heavy atom. The van der Waals surface area contributed by atoms with Gasteiger partial charge in [-0.3, -0.25) is 9.69 Å². The van der Waals surface area contributed by atoms with Gasteiger partial charge in [-0.15, -0.1) is 0 Å². The highest BCUT2D eigenvalue weighted by molar-refractivity contribution is 6.08. The van der Waals surface area contributed by atoms with Crippen molar-refractivity contribution in [2.75, 3.05) is 25.1 Å². The van der Waals surface area contributed by atoms with Gasteiger partial charge in [0.2, 0.25) is 5.91 Å². The molecule has 3 atom stereocenters. The number of methoxy groups -OCH3 is 1. The van der Waals surface area contributed by atoms with Gasteiger partial charge in [-0.1, -0.05) is 87.4 Å². The largest absolute Gasteiger partial charge is 0.497 e. The molecule has 3 fully saturated rings. The Bertz CT molecular complexity index is 1770. The van der Waals surface area contributed by atoms with Gasteiger partial charge in [-0.05, 0) is 92.8 Å². The number of benzene rings is 2. The van der Waals surface area contributed by atoms with Crippen LogP contribution in [0.25, 0.3) is 0 Å². The second kappa shape index (κ2) is 18.1. The van der Waals surface area contributed by atoms with Crippen LogP contribution in [-0.2, 0) is 38.6 Å². The van der Waals surface area contributed by atoms with E-state index in [-0.39, 0.29) is 19.6 Å². The first kappa shape index (κ1) is 39.8. The summed E-state index contributed by atoms with van der Waals surface area (Å²) in [7, 11) is 1.59. The van der Waals surface area contributed by atoms with Crippen molar-refractivity contribution in [2.45, 2.75) is 110 Å². The molecule has 3 heterocycles. The number of hydrogen-bond acceptors (Lipinski definition) is 8. The fourth-order valence-corrected chi connectivity index (χ4v) is 8.18. The zero-order valence-electron chi connectivity index (χ0n) is 32.8. The van der Waals surface area contributed by atoms with E-state index in [0.29, 0.717) is 42.1 Å². The van der Waals surface area contributed by atoms with Crippen molar-refractivity contribution in [3.63, 3.8) is 0 Å². The molecule has 1 saturated carbocycles. The van der Waals surface area contributed by atoms with Crippen molar-refractivity contribution < 1.29 is 33.4 Å². The lowest BCUT2D eigenvalue weighted by atomic mass is 9.78. The smallest absolute Gasteiger partial charge is 0.416 e. The van der Waals surface area contributed by atoms with Gasteiger partial charge in [0, 0.05) is 19.3 Å². The van der Waals surface area contributed by atoms with Crippen LogP contribution in [0.1, 0.15) is 95.2 Å². The van der Waals surface area contributed by atoms with E-state index in [9.17, 15) is 19.2 Å². The predicted octanol–water partition coefficient (Wildman–Crippen LogP) is 8.34. The molecule has 294 valence electrons. The van der Waals surface area contributed by atoms with Crippen LogP contribution in [-0.4, -0.2) is 70.6 Å². The topological polar surface area (TPSA) is 119 Å². The molecule has 4 amide bonds. The molecule has 11 heteroatoms. The predicted molar refractivity (Wildman–Crippen MR) is 209 cm³/mol. The number of nitrogens with zero attached hydrogens (tertiary/aromatic N) is 4. The van der Waals surface area contributed by atoms with Crippen molar-refractivity contribution in [3.05, 3.63) is 89.6 Å². The molecule has 3 aliphatic rings. The fraction of sp³-hybridized carbons (Fsp3) is 0.523. The summed E-state index contributed by atoms with van der Waals surface area (Å²) < 4.78 is 16.9. The number of carbonyl (C=O) groups excluding carboxylic acids is 4. The highest BCUT2D eigenvalue weighted by Crippen LogP contribution is 2.37. The van der Waals surface area contributed by atoms with Crippen molar-refractivity contribution in [1.82, 2.24) is 14.8 Å². The Morgan fingerprint density at radius 1 is 0.836 bits per heavy atom. The number of aromatic nitrogens is 1. The number of esters is 1. The number of β-lactam (4-membered cyclic amide) rings is 1. The zero-order chi connectivity index (χ0) is 39.0. The Kier molecular flexibility index (Phi) is 13.1. The average molecular weight is 753 g/mol. The molecule has 55 heavy (non-hydrogen) atoms. The van der Waals surface area contributed by atoms with Crippen LogP contribution in [0.4, 0.5) is 15.4 Å². The minimum atomic E-state index is -1.08. The standard InChI is InChI=1S/C44H56N4O7/c1-44(2,3)55-43(52)47(28-31-19-21-36(53-4)22-20-31)38-27-33(23-24-45-38)26-37-39(41(50)54-30-32-14-9-8-10-15-32)48(40(37)49)42(51)46-25-13-18-35(29-46)34-16-11-6-5-7-12-17-34/h8-10,14-15,19-24,27,34-35,37,39H,5-7,11-13,16-18,25-26,28-30H2,1-4H3/t35?,37-,39+/m1/s1. The second-order valence-corrected chi connectivity index (χ2v) is 16.2. The molecule has 0 bridgehead atoms. The van der Waals surface area contributed by atoms with E-state index in [1.165, 1.54) is 49.8 Å². The normalized spacial score (nSPS) is 20.8. The molecule has 0 N–H and O–H groups in total. The molecule has 1 aromatic heterocycles. The molecule has 6 rings (SSSR count). The van der Waals surface area contributed by atoms with E-state index in [1.807, 2.05) is 54.6 Å². The number of pyridine rings is 1. The van der Waals surface area contributed by atoms with Gasteiger partial charge in [-0.25, -0.2) is 24.3 Å². The summed E-state index contributed by atoms with van der Waals surface area (Å²) in [5.41, 5.74) is 1.57. The number of piperidine rings is 1. The summed E-state index contributed by atoms with van der Waals surface area (Å²) in [5.74, 6) is 0.155. The lowest BCUT2D eigenvalue weighted by molar-refractivity contribution is -0.171. The molecule has 1 unspecified atom stereocenters. The number of anilines is 1. The zero-order valence-corrected chi connectivity index (χ0v) is 32.8. The number of amides is 4. The third-order valence-electron chi connectivity index (χ3n) is 11.1. The van der Waals surface area contributed by atoms with E-state index in [4.69, 9.17) is 14.2 Å². The van der Waals surface area contributed by atoms with E-state index in [2.05, 4.69) is 4.98 Å². The van der Waals surface area contributed by atoms with Gasteiger partial charge >= 0.3 is 18.1 Å². The highest BCUT2D eigenvalue weighted by Gasteiger charge is 2.56. The van der Waals surface area contributed by atoms with Gasteiger partial charge in [0.1, 0.15) is 23.8 Å². The average Bonchev–Trinajstić information content (AvgIpc) is 3.17. The molecular weight excluding hydrogens is 697 g/mol. The number of rotatable bonds is 10. The molecule has 3 aromatic rings. The first-order chi connectivity index (χ1) is 26.5. The second-order valence-electron chi connectivity index (χ2n) is 16.2. The van der Waals surface area contributed by atoms with Crippen molar-refractivity contribution in [2.24, 2.45) is 17.8 Å². The molecular formula is C44H56N4O7. The molecule has 11 nitrogen and oxygen atoms in total. The number of likely N-dealkylation sites (tertiary alicyclic amines) is 2. The number of carbonyl (C=O) groups is 4. The van der Waals surface area contributed by atoms with Crippen molar-refractivity contribution >= 4 is 29.8 Å². The summed E-state index contributed by atoms with van der Waals surface area (Å²) >= 11 is 0. The Morgan fingerprint density at radius 3 is 2.22 bits per heavy atom. The summed E-state index contributed by atoms with van der Waals surface area (Å²) in [4.78, 5) is 64.6. The van der Waals surface area contributed by atoms with Crippen molar-refractivity contribution in [3.8, 4) is 5.75 Å². The van der Waals surface area contributed by atoms with Gasteiger partial charge < -0.3 is 19.1 Å². The first-order valence-corrected chi connectivity index (χ1v) is 19.9. The van der Waals surface area contributed by atoms with Crippen LogP contribution >= 0.6 is 0 Å². The third kappa shape index (κ3) is 10.2. The maximum Gasteiger partial charge on any atom is 0.416 e. The van der Waals surface area contributed by atoms with Crippen LogP contribution in [0.3, 0.4) is 0 Å². The maximum absolute atomic E-state index is 14.2. The number of ether oxygens (including phenoxy) is 3. The summed E-state index contributed by atoms with van der Waals surface area (Å²) in [5, 5.41) is 0. The quantitative estimate of drug-likeness (QED) is 0.150. The SMILES string of the molecule is COc1ccc(CN(C(=O)OC(C)(C)C)c2cc(C[C@H]3C(=O)N(C(=O)N4CCCC(C5CCCCCCC5)C4)[C@@H]3C(=O)OCc3ccccc3)ccn2)cc1. The van der Waals surface area contributed by atoms with Gasteiger partial charge in [-0.2, -0.15) is 0 Å². The Labute approximate surface area is 325 Å². The molecule has 1 aliphatic carbocycles. The van der Waals surface area contributed by atoms with Gasteiger partial charge in [0.15, 0.2) is 6.04 Å². The van der Waals surface area contributed by atoms with Crippen LogP contribution in [0.2, 0.25) is 0 Å². The molecule has 0 radical (unpaired) electrons. The van der Waals surface area contributed by atoms with Crippen LogP contribution in [0.15, 0.2) is 72.9 Å².